The minimum atomic E-state index is -4.38. The first-order valence-corrected chi connectivity index (χ1v) is 5.42. The molecule has 0 atom stereocenters. The fourth-order valence-corrected chi connectivity index (χ4v) is 1.58. The zero-order valence-electron chi connectivity index (χ0n) is 10.2. The van der Waals surface area contributed by atoms with Crippen LogP contribution >= 0.6 is 0 Å². The van der Waals surface area contributed by atoms with Crippen molar-refractivity contribution in [1.29, 1.82) is 0 Å². The van der Waals surface area contributed by atoms with Gasteiger partial charge in [-0.3, -0.25) is 4.90 Å². The van der Waals surface area contributed by atoms with Crippen LogP contribution in [0.25, 0.3) is 0 Å². The number of hydrogen-bond donors (Lipinski definition) is 1. The molecular weight excluding hydrogens is 267 g/mol. The van der Waals surface area contributed by atoms with Gasteiger partial charge in [0.25, 0.3) is 0 Å². The fourth-order valence-electron chi connectivity index (χ4n) is 1.58. The molecule has 19 heavy (non-hydrogen) atoms. The predicted octanol–water partition coefficient (Wildman–Crippen LogP) is 1.42. The quantitative estimate of drug-likeness (QED) is 0.799. The summed E-state index contributed by atoms with van der Waals surface area (Å²) in [5, 5.41) is 8.76. The van der Waals surface area contributed by atoms with Crippen molar-refractivity contribution in [3.63, 3.8) is 0 Å². The lowest BCUT2D eigenvalue weighted by Crippen LogP contribution is -2.36. The Bertz CT molecular complexity index is 416. The third-order valence-corrected chi connectivity index (χ3v) is 2.33. The second-order valence-electron chi connectivity index (χ2n) is 3.82. The molecule has 0 spiro atoms. The van der Waals surface area contributed by atoms with E-state index in [4.69, 9.17) is 9.52 Å². The van der Waals surface area contributed by atoms with Gasteiger partial charge in [0.15, 0.2) is 0 Å². The molecule has 0 radical (unpaired) electrons. The third-order valence-electron chi connectivity index (χ3n) is 2.33. The van der Waals surface area contributed by atoms with Crippen LogP contribution in [-0.2, 0) is 11.3 Å². The monoisotopic (exact) mass is 281 g/mol. The number of aliphatic hydroxyl groups excluding tert-OH is 1. The minimum Gasteiger partial charge on any atom is -0.463 e. The van der Waals surface area contributed by atoms with Crippen molar-refractivity contribution in [2.24, 2.45) is 0 Å². The molecular formula is C11H14F3NO4. The van der Waals surface area contributed by atoms with E-state index in [2.05, 4.69) is 4.74 Å². The largest absolute Gasteiger partial charge is 0.463 e. The molecule has 0 amide bonds. The zero-order valence-corrected chi connectivity index (χ0v) is 10.2. The summed E-state index contributed by atoms with van der Waals surface area (Å²) < 4.78 is 46.4. The summed E-state index contributed by atoms with van der Waals surface area (Å²) in [5.74, 6) is -0.886. The molecule has 0 fully saturated rings. The summed E-state index contributed by atoms with van der Waals surface area (Å²) in [4.78, 5) is 12.3. The summed E-state index contributed by atoms with van der Waals surface area (Å²) in [7, 11) is 1.15. The van der Waals surface area contributed by atoms with Crippen molar-refractivity contribution in [3.05, 3.63) is 23.7 Å². The molecule has 1 N–H and O–H groups in total. The number of aliphatic hydroxyl groups is 1. The Hall–Kier alpha value is -1.54. The maximum atomic E-state index is 12.3. The molecule has 0 bridgehead atoms. The number of ether oxygens (including phenoxy) is 1. The van der Waals surface area contributed by atoms with Crippen LogP contribution in [0.5, 0.6) is 0 Å². The number of furan rings is 1. The summed E-state index contributed by atoms with van der Waals surface area (Å²) in [6, 6.07) is 1.40. The number of alkyl halides is 3. The number of esters is 1. The van der Waals surface area contributed by atoms with Crippen molar-refractivity contribution in [1.82, 2.24) is 4.90 Å². The molecule has 0 saturated heterocycles. The maximum absolute atomic E-state index is 12.3. The van der Waals surface area contributed by atoms with E-state index in [9.17, 15) is 18.0 Å². The summed E-state index contributed by atoms with van der Waals surface area (Å²) in [6.07, 6.45) is -3.18. The van der Waals surface area contributed by atoms with Gasteiger partial charge in [0.1, 0.15) is 0 Å². The van der Waals surface area contributed by atoms with E-state index in [-0.39, 0.29) is 24.4 Å². The van der Waals surface area contributed by atoms with Crippen LogP contribution in [0.4, 0.5) is 13.2 Å². The molecule has 8 heteroatoms. The number of carbonyl (C=O) groups excluding carboxylic acids is 1. The van der Waals surface area contributed by atoms with Crippen LogP contribution in [0.2, 0.25) is 0 Å². The highest BCUT2D eigenvalue weighted by Gasteiger charge is 2.31. The van der Waals surface area contributed by atoms with Crippen LogP contribution in [-0.4, -0.2) is 49.0 Å². The smallest absolute Gasteiger partial charge is 0.401 e. The van der Waals surface area contributed by atoms with E-state index < -0.39 is 25.3 Å². The standard InChI is InChI=1S/C11H14F3NO4/c1-18-10(17)9-8(2-5-19-9)6-15(3-4-16)7-11(12,13)14/h2,5,16H,3-4,6-7H2,1H3. The van der Waals surface area contributed by atoms with Crippen LogP contribution in [0.1, 0.15) is 16.1 Å². The van der Waals surface area contributed by atoms with Crippen LogP contribution in [0, 0.1) is 0 Å². The highest BCUT2D eigenvalue weighted by Crippen LogP contribution is 2.20. The number of nitrogens with zero attached hydrogens (tertiary/aromatic N) is 1. The molecule has 5 nitrogen and oxygen atoms in total. The summed E-state index contributed by atoms with van der Waals surface area (Å²) in [6.45, 7) is -1.92. The van der Waals surface area contributed by atoms with Gasteiger partial charge in [-0.15, -0.1) is 0 Å². The molecule has 1 rings (SSSR count). The predicted molar refractivity (Wildman–Crippen MR) is 58.5 cm³/mol. The second-order valence-corrected chi connectivity index (χ2v) is 3.82. The third kappa shape index (κ3) is 4.92. The van der Waals surface area contributed by atoms with Crippen LogP contribution in [0.3, 0.4) is 0 Å². The molecule has 1 heterocycles. The Morgan fingerprint density at radius 1 is 1.53 bits per heavy atom. The van der Waals surface area contributed by atoms with Gasteiger partial charge in [0, 0.05) is 18.7 Å². The van der Waals surface area contributed by atoms with E-state index >= 15 is 0 Å². The Morgan fingerprint density at radius 2 is 2.21 bits per heavy atom. The van der Waals surface area contributed by atoms with Gasteiger partial charge in [0.05, 0.1) is 26.5 Å². The van der Waals surface area contributed by atoms with Gasteiger partial charge in [0.2, 0.25) is 5.76 Å². The number of methoxy groups -OCH3 is 1. The summed E-state index contributed by atoms with van der Waals surface area (Å²) in [5.41, 5.74) is 0.282. The van der Waals surface area contributed by atoms with Gasteiger partial charge >= 0.3 is 12.1 Å². The average molecular weight is 281 g/mol. The van der Waals surface area contributed by atoms with E-state index in [1.165, 1.54) is 12.3 Å². The minimum absolute atomic E-state index is 0.132. The summed E-state index contributed by atoms with van der Waals surface area (Å²) >= 11 is 0. The van der Waals surface area contributed by atoms with Crippen LogP contribution < -0.4 is 0 Å². The molecule has 108 valence electrons. The van der Waals surface area contributed by atoms with E-state index in [1.54, 1.807) is 0 Å². The lowest BCUT2D eigenvalue weighted by Gasteiger charge is -2.22. The fraction of sp³-hybridized carbons (Fsp3) is 0.545. The van der Waals surface area contributed by atoms with E-state index in [0.717, 1.165) is 12.0 Å². The molecule has 0 aliphatic carbocycles. The average Bonchev–Trinajstić information content (AvgIpc) is 2.74. The molecule has 0 aliphatic rings. The number of carbonyl (C=O) groups is 1. The number of rotatable bonds is 6. The van der Waals surface area contributed by atoms with Gasteiger partial charge in [-0.05, 0) is 6.07 Å². The molecule has 1 aromatic rings. The van der Waals surface area contributed by atoms with E-state index in [0.29, 0.717) is 0 Å². The van der Waals surface area contributed by atoms with Crippen molar-refractivity contribution in [2.45, 2.75) is 12.7 Å². The highest BCUT2D eigenvalue weighted by atomic mass is 19.4. The first kappa shape index (κ1) is 15.5. The van der Waals surface area contributed by atoms with Gasteiger partial charge in [-0.2, -0.15) is 13.2 Å². The molecule has 0 saturated carbocycles. The second kappa shape index (κ2) is 6.58. The molecule has 0 aromatic carbocycles. The Balaban J connectivity index is 2.79. The number of hydrogen-bond acceptors (Lipinski definition) is 5. The Morgan fingerprint density at radius 3 is 2.74 bits per heavy atom. The van der Waals surface area contributed by atoms with Crippen molar-refractivity contribution in [2.75, 3.05) is 26.8 Å². The lowest BCUT2D eigenvalue weighted by molar-refractivity contribution is -0.148. The number of halogens is 3. The van der Waals surface area contributed by atoms with Crippen molar-refractivity contribution < 1.29 is 32.2 Å². The van der Waals surface area contributed by atoms with Crippen molar-refractivity contribution in [3.8, 4) is 0 Å². The van der Waals surface area contributed by atoms with E-state index in [1.807, 2.05) is 0 Å². The first-order chi connectivity index (χ1) is 8.87. The first-order valence-electron chi connectivity index (χ1n) is 5.42. The molecule has 0 unspecified atom stereocenters. The maximum Gasteiger partial charge on any atom is 0.401 e. The van der Waals surface area contributed by atoms with Crippen LogP contribution in [0.15, 0.2) is 16.7 Å². The van der Waals surface area contributed by atoms with Gasteiger partial charge in [-0.25, -0.2) is 4.79 Å². The zero-order chi connectivity index (χ0) is 14.5. The van der Waals surface area contributed by atoms with Gasteiger partial charge in [-0.1, -0.05) is 0 Å². The highest BCUT2D eigenvalue weighted by molar-refractivity contribution is 5.87. The van der Waals surface area contributed by atoms with Crippen molar-refractivity contribution >= 4 is 5.97 Å². The molecule has 1 aromatic heterocycles. The molecule has 0 aliphatic heterocycles. The normalized spacial score (nSPS) is 11.9. The Labute approximate surface area is 107 Å². The van der Waals surface area contributed by atoms with Gasteiger partial charge < -0.3 is 14.3 Å². The Kier molecular flexibility index (Phi) is 5.37. The SMILES string of the molecule is COC(=O)c1occc1CN(CCO)CC(F)(F)F. The lowest BCUT2D eigenvalue weighted by atomic mass is 10.2. The topological polar surface area (TPSA) is 62.9 Å².